The molecule has 12 nitrogen and oxygen atoms in total. The Hall–Kier alpha value is -4.72. The number of anilines is 5. The number of sulfonamides is 1. The van der Waals surface area contributed by atoms with Crippen molar-refractivity contribution < 1.29 is 18.3 Å². The third-order valence-electron chi connectivity index (χ3n) is 6.06. The van der Waals surface area contributed by atoms with Crippen LogP contribution in [0, 0.1) is 0 Å². The lowest BCUT2D eigenvalue weighted by atomic mass is 10.1. The van der Waals surface area contributed by atoms with Gasteiger partial charge < -0.3 is 19.9 Å². The van der Waals surface area contributed by atoms with Gasteiger partial charge in [0.2, 0.25) is 16.0 Å². The van der Waals surface area contributed by atoms with Crippen molar-refractivity contribution in [1.82, 2.24) is 19.5 Å². The third kappa shape index (κ3) is 5.81. The molecule has 0 atom stereocenters. The Labute approximate surface area is 236 Å². The Morgan fingerprint density at radius 3 is 2.55 bits per heavy atom. The maximum Gasteiger partial charge on any atom is 0.409 e. The van der Waals surface area contributed by atoms with E-state index in [1.165, 1.54) is 12.1 Å². The average molecular weight is 581 g/mol. The van der Waals surface area contributed by atoms with E-state index in [2.05, 4.69) is 20.6 Å². The van der Waals surface area contributed by atoms with Gasteiger partial charge in [-0.15, -0.1) is 12.4 Å². The highest BCUT2D eigenvalue weighted by Gasteiger charge is 2.16. The Bertz CT molecular complexity index is 1830. The van der Waals surface area contributed by atoms with Gasteiger partial charge in [-0.25, -0.2) is 28.3 Å². The molecule has 0 fully saturated rings. The first kappa shape index (κ1) is 28.3. The molecule has 5 N–H and O–H groups in total. The van der Waals surface area contributed by atoms with Crippen molar-refractivity contribution in [3.05, 3.63) is 79.0 Å². The number of nitrogens with zero attached hydrogens (tertiary/aromatic N) is 5. The van der Waals surface area contributed by atoms with Gasteiger partial charge in [-0.05, 0) is 54.6 Å². The molecule has 5 rings (SSSR count). The normalized spacial score (nSPS) is 11.1. The molecular formula is C26H25ClN8O4S. The third-order valence-corrected chi connectivity index (χ3v) is 6.98. The van der Waals surface area contributed by atoms with Crippen LogP contribution in [0.3, 0.4) is 0 Å². The molecule has 0 saturated carbocycles. The second-order valence-corrected chi connectivity index (χ2v) is 10.2. The van der Waals surface area contributed by atoms with Crippen molar-refractivity contribution in [1.29, 1.82) is 0 Å². The van der Waals surface area contributed by atoms with Crippen LogP contribution in [0.25, 0.3) is 22.4 Å². The predicted octanol–water partition coefficient (Wildman–Crippen LogP) is 4.70. The minimum Gasteiger partial charge on any atom is -0.465 e. The molecule has 206 valence electrons. The summed E-state index contributed by atoms with van der Waals surface area (Å²) >= 11 is 0. The number of aromatic nitrogens is 4. The topological polar surface area (TPSA) is 168 Å². The molecule has 0 aliphatic heterocycles. The van der Waals surface area contributed by atoms with Crippen molar-refractivity contribution in [3.63, 3.8) is 0 Å². The molecule has 0 radical (unpaired) electrons. The molecule has 2 heterocycles. The summed E-state index contributed by atoms with van der Waals surface area (Å²) in [7, 11) is -0.121. The molecule has 14 heteroatoms. The van der Waals surface area contributed by atoms with Crippen LogP contribution in [0.2, 0.25) is 0 Å². The van der Waals surface area contributed by atoms with Crippen molar-refractivity contribution in [3.8, 4) is 11.4 Å². The fourth-order valence-electron chi connectivity index (χ4n) is 4.15. The largest absolute Gasteiger partial charge is 0.465 e. The zero-order valence-corrected chi connectivity index (χ0v) is 22.9. The van der Waals surface area contributed by atoms with Gasteiger partial charge in [0.25, 0.3) is 0 Å². The number of aryl methyl sites for hydroxylation is 1. The number of imidazole rings is 1. The molecule has 0 aliphatic carbocycles. The smallest absolute Gasteiger partial charge is 0.409 e. The van der Waals surface area contributed by atoms with Crippen LogP contribution < -0.4 is 20.7 Å². The minimum atomic E-state index is -3.85. The Balaban J connectivity index is 0.00000370. The van der Waals surface area contributed by atoms with Crippen molar-refractivity contribution in [2.45, 2.75) is 4.90 Å². The molecule has 0 aliphatic rings. The van der Waals surface area contributed by atoms with Gasteiger partial charge >= 0.3 is 6.09 Å². The van der Waals surface area contributed by atoms with Crippen molar-refractivity contribution >= 4 is 68.4 Å². The second-order valence-electron chi connectivity index (χ2n) is 8.64. The first-order valence-corrected chi connectivity index (χ1v) is 13.2. The van der Waals surface area contributed by atoms with Gasteiger partial charge in [-0.2, -0.15) is 4.98 Å². The van der Waals surface area contributed by atoms with Crippen LogP contribution >= 0.6 is 12.4 Å². The number of rotatable bonds is 7. The van der Waals surface area contributed by atoms with Crippen molar-refractivity contribution in [2.24, 2.45) is 12.2 Å². The molecule has 2 aromatic heterocycles. The van der Waals surface area contributed by atoms with E-state index < -0.39 is 16.1 Å². The van der Waals surface area contributed by atoms with Gasteiger partial charge in [0.15, 0.2) is 0 Å². The molecule has 1 amide bonds. The summed E-state index contributed by atoms with van der Waals surface area (Å²) in [4.78, 5) is 26.7. The molecule has 40 heavy (non-hydrogen) atoms. The Kier molecular flexibility index (Phi) is 7.91. The molecule has 0 spiro atoms. The van der Waals surface area contributed by atoms with Crippen LogP contribution in [0.1, 0.15) is 0 Å². The lowest BCUT2D eigenvalue weighted by Gasteiger charge is -2.19. The molecule has 0 unspecified atom stereocenters. The van der Waals surface area contributed by atoms with E-state index in [-0.39, 0.29) is 23.3 Å². The molecule has 0 bridgehead atoms. The minimum absolute atomic E-state index is 0. The quantitative estimate of drug-likeness (QED) is 0.213. The summed E-state index contributed by atoms with van der Waals surface area (Å²) in [5, 5.41) is 19.9. The van der Waals surface area contributed by atoms with Gasteiger partial charge in [0.05, 0.1) is 21.6 Å². The number of carbonyl (C=O) groups is 1. The van der Waals surface area contributed by atoms with Crippen molar-refractivity contribution in [2.75, 3.05) is 22.6 Å². The summed E-state index contributed by atoms with van der Waals surface area (Å²) < 4.78 is 25.3. The molecule has 0 saturated heterocycles. The highest BCUT2D eigenvalue weighted by Crippen LogP contribution is 2.32. The lowest BCUT2D eigenvalue weighted by molar-refractivity contribution is 0.210. The number of para-hydroxylation sites is 1. The predicted molar refractivity (Wildman–Crippen MR) is 156 cm³/mol. The van der Waals surface area contributed by atoms with E-state index in [0.29, 0.717) is 34.1 Å². The highest BCUT2D eigenvalue weighted by atomic mass is 35.5. The zero-order chi connectivity index (χ0) is 27.7. The summed E-state index contributed by atoms with van der Waals surface area (Å²) in [5.41, 5.74) is 3.97. The highest BCUT2D eigenvalue weighted by molar-refractivity contribution is 7.89. The summed E-state index contributed by atoms with van der Waals surface area (Å²) in [6, 6.07) is 20.7. The number of amides is 1. The van der Waals surface area contributed by atoms with Gasteiger partial charge in [-0.1, -0.05) is 18.2 Å². The van der Waals surface area contributed by atoms with Crippen LogP contribution in [-0.2, 0) is 17.1 Å². The van der Waals surface area contributed by atoms with Crippen LogP contribution in [0.4, 0.5) is 33.6 Å². The number of hydrogen-bond donors (Lipinski definition) is 4. The number of halogens is 1. The van der Waals surface area contributed by atoms with E-state index >= 15 is 0 Å². The van der Waals surface area contributed by atoms with E-state index in [4.69, 9.17) is 10.1 Å². The molecular weight excluding hydrogens is 556 g/mol. The maximum absolute atomic E-state index is 11.7. The SMILES string of the molecule is CN(c1ccc2c(c1)nc(-c1ccccc1NC(=O)O)n2C)c1ccnc(Nc2cccc(S(N)(=O)=O)c2)n1.Cl. The first-order chi connectivity index (χ1) is 18.6. The number of primary sulfonamides is 1. The molecule has 5 aromatic rings. The van der Waals surface area contributed by atoms with Gasteiger partial charge in [0, 0.05) is 37.2 Å². The number of nitrogens with one attached hydrogen (secondary N) is 2. The summed E-state index contributed by atoms with van der Waals surface area (Å²) in [5.74, 6) is 1.47. The monoisotopic (exact) mass is 580 g/mol. The summed E-state index contributed by atoms with van der Waals surface area (Å²) in [6.07, 6.45) is 0.440. The van der Waals surface area contributed by atoms with Crippen LogP contribution in [0.5, 0.6) is 0 Å². The average Bonchev–Trinajstić information content (AvgIpc) is 3.23. The Morgan fingerprint density at radius 2 is 1.80 bits per heavy atom. The van der Waals surface area contributed by atoms with Crippen LogP contribution in [0.15, 0.2) is 83.9 Å². The van der Waals surface area contributed by atoms with E-state index in [1.807, 2.05) is 53.9 Å². The molecule has 3 aromatic carbocycles. The maximum atomic E-state index is 11.7. The number of hydrogen-bond acceptors (Lipinski definition) is 8. The standard InChI is InChI=1S/C26H24N8O4S.ClH/c1-33(23-12-13-28-25(32-23)29-16-6-5-7-18(14-16)39(27,37)38)17-10-11-22-21(15-17)30-24(34(22)2)19-8-3-4-9-20(19)31-26(35)36;/h3-15,31H,1-2H3,(H,35,36)(H2,27,37,38)(H,28,29,32);1H. The number of benzene rings is 3. The fraction of sp³-hybridized carbons (Fsp3) is 0.0769. The lowest BCUT2D eigenvalue weighted by Crippen LogP contribution is -2.13. The van der Waals surface area contributed by atoms with E-state index in [1.54, 1.807) is 36.5 Å². The number of nitrogens with two attached hydrogens (primary N) is 1. The Morgan fingerprint density at radius 1 is 1.02 bits per heavy atom. The van der Waals surface area contributed by atoms with E-state index in [0.717, 1.165) is 11.2 Å². The van der Waals surface area contributed by atoms with Gasteiger partial charge in [0.1, 0.15) is 11.6 Å². The second kappa shape index (κ2) is 11.2. The summed E-state index contributed by atoms with van der Waals surface area (Å²) in [6.45, 7) is 0. The fourth-order valence-corrected chi connectivity index (χ4v) is 4.71. The first-order valence-electron chi connectivity index (χ1n) is 11.6. The van der Waals surface area contributed by atoms with E-state index in [9.17, 15) is 18.3 Å². The van der Waals surface area contributed by atoms with Gasteiger partial charge in [-0.3, -0.25) is 5.32 Å². The van der Waals surface area contributed by atoms with Crippen LogP contribution in [-0.4, -0.2) is 46.2 Å². The number of fused-ring (bicyclic) bond motifs is 1. The number of carboxylic acid groups (broad SMARTS) is 1. The zero-order valence-electron chi connectivity index (χ0n) is 21.3.